The van der Waals surface area contributed by atoms with Crippen molar-refractivity contribution < 1.29 is 4.52 Å². The number of benzene rings is 1. The van der Waals surface area contributed by atoms with Crippen LogP contribution in [0.4, 0.5) is 0 Å². The number of aromatic nitrogens is 2. The SMILES string of the molecule is Clc1ccc(Cc2noc(CCCN3CCCCC3)n2)cc1. The molecule has 1 fully saturated rings. The maximum atomic E-state index is 5.89. The minimum absolute atomic E-state index is 0.687. The summed E-state index contributed by atoms with van der Waals surface area (Å²) in [6, 6.07) is 7.76. The zero-order valence-corrected chi connectivity index (χ0v) is 13.6. The molecule has 0 atom stereocenters. The highest BCUT2D eigenvalue weighted by Gasteiger charge is 2.11. The van der Waals surface area contributed by atoms with Crippen molar-refractivity contribution in [2.45, 2.75) is 38.5 Å². The van der Waals surface area contributed by atoms with E-state index in [2.05, 4.69) is 15.0 Å². The lowest BCUT2D eigenvalue weighted by molar-refractivity contribution is 0.223. The van der Waals surface area contributed by atoms with Gasteiger partial charge in [-0.3, -0.25) is 0 Å². The molecule has 118 valence electrons. The van der Waals surface area contributed by atoms with Gasteiger partial charge in [0.2, 0.25) is 5.89 Å². The Hall–Kier alpha value is -1.39. The lowest BCUT2D eigenvalue weighted by Crippen LogP contribution is -2.30. The predicted molar refractivity (Wildman–Crippen MR) is 87.2 cm³/mol. The molecule has 1 aliphatic rings. The molecule has 2 aromatic rings. The zero-order valence-electron chi connectivity index (χ0n) is 12.8. The number of hydrogen-bond acceptors (Lipinski definition) is 4. The van der Waals surface area contributed by atoms with E-state index in [9.17, 15) is 0 Å². The first-order chi connectivity index (χ1) is 10.8. The fraction of sp³-hybridized carbons (Fsp3) is 0.529. The first kappa shape index (κ1) is 15.5. The second-order valence-corrected chi connectivity index (χ2v) is 6.35. The molecule has 0 saturated carbocycles. The van der Waals surface area contributed by atoms with Crippen molar-refractivity contribution in [1.82, 2.24) is 15.0 Å². The van der Waals surface area contributed by atoms with Gasteiger partial charge in [0.05, 0.1) is 0 Å². The lowest BCUT2D eigenvalue weighted by Gasteiger charge is -2.25. The van der Waals surface area contributed by atoms with Crippen LogP contribution in [0, 0.1) is 0 Å². The highest BCUT2D eigenvalue weighted by molar-refractivity contribution is 6.30. The van der Waals surface area contributed by atoms with Crippen LogP contribution in [0.25, 0.3) is 0 Å². The Balaban J connectivity index is 1.45. The van der Waals surface area contributed by atoms with Crippen molar-refractivity contribution in [1.29, 1.82) is 0 Å². The first-order valence-corrected chi connectivity index (χ1v) is 8.46. The molecule has 0 bridgehead atoms. The minimum Gasteiger partial charge on any atom is -0.339 e. The van der Waals surface area contributed by atoms with Crippen LogP contribution < -0.4 is 0 Å². The smallest absolute Gasteiger partial charge is 0.226 e. The molecule has 0 aliphatic carbocycles. The summed E-state index contributed by atoms with van der Waals surface area (Å²) in [5.74, 6) is 1.50. The average Bonchev–Trinajstić information content (AvgIpc) is 2.98. The molecule has 5 heteroatoms. The van der Waals surface area contributed by atoms with Crippen molar-refractivity contribution in [3.05, 3.63) is 46.6 Å². The van der Waals surface area contributed by atoms with Gasteiger partial charge in [0.25, 0.3) is 0 Å². The second kappa shape index (κ2) is 7.75. The van der Waals surface area contributed by atoms with E-state index in [1.165, 1.54) is 32.4 Å². The Morgan fingerprint density at radius 2 is 1.86 bits per heavy atom. The van der Waals surface area contributed by atoms with E-state index in [4.69, 9.17) is 16.1 Å². The van der Waals surface area contributed by atoms with E-state index in [1.54, 1.807) is 0 Å². The van der Waals surface area contributed by atoms with Crippen molar-refractivity contribution in [3.8, 4) is 0 Å². The molecular formula is C17H22ClN3O. The quantitative estimate of drug-likeness (QED) is 0.813. The van der Waals surface area contributed by atoms with Crippen LogP contribution in [0.15, 0.2) is 28.8 Å². The summed E-state index contributed by atoms with van der Waals surface area (Å²) < 4.78 is 5.34. The Kier molecular flexibility index (Phi) is 5.46. The van der Waals surface area contributed by atoms with E-state index in [0.717, 1.165) is 41.7 Å². The Morgan fingerprint density at radius 3 is 2.64 bits per heavy atom. The lowest BCUT2D eigenvalue weighted by atomic mass is 10.1. The largest absolute Gasteiger partial charge is 0.339 e. The summed E-state index contributed by atoms with van der Waals surface area (Å²) in [7, 11) is 0. The molecule has 3 rings (SSSR count). The summed E-state index contributed by atoms with van der Waals surface area (Å²) in [4.78, 5) is 7.02. The number of hydrogen-bond donors (Lipinski definition) is 0. The first-order valence-electron chi connectivity index (χ1n) is 8.08. The van der Waals surface area contributed by atoms with Crippen LogP contribution in [0.2, 0.25) is 5.02 Å². The minimum atomic E-state index is 0.687. The highest BCUT2D eigenvalue weighted by atomic mass is 35.5. The van der Waals surface area contributed by atoms with Gasteiger partial charge in [0.1, 0.15) is 0 Å². The fourth-order valence-corrected chi connectivity index (χ4v) is 3.01. The summed E-state index contributed by atoms with van der Waals surface area (Å²) in [6.45, 7) is 3.62. The van der Waals surface area contributed by atoms with E-state index < -0.39 is 0 Å². The van der Waals surface area contributed by atoms with Gasteiger partial charge in [-0.1, -0.05) is 35.3 Å². The third-order valence-corrected chi connectivity index (χ3v) is 4.35. The van der Waals surface area contributed by atoms with Crippen molar-refractivity contribution >= 4 is 11.6 Å². The standard InChI is InChI=1S/C17H22ClN3O/c18-15-8-6-14(7-9-15)13-16-19-17(22-20-16)5-4-12-21-10-2-1-3-11-21/h6-9H,1-5,10-13H2. The Labute approximate surface area is 136 Å². The van der Waals surface area contributed by atoms with Gasteiger partial charge < -0.3 is 9.42 Å². The van der Waals surface area contributed by atoms with Crippen LogP contribution in [0.1, 0.15) is 43.0 Å². The molecule has 1 saturated heterocycles. The van der Waals surface area contributed by atoms with Gasteiger partial charge in [-0.15, -0.1) is 0 Å². The van der Waals surface area contributed by atoms with Gasteiger partial charge in [0, 0.05) is 17.9 Å². The third kappa shape index (κ3) is 4.55. The number of nitrogens with zero attached hydrogens (tertiary/aromatic N) is 3. The number of likely N-dealkylation sites (tertiary alicyclic amines) is 1. The zero-order chi connectivity index (χ0) is 15.2. The van der Waals surface area contributed by atoms with Crippen LogP contribution in [0.3, 0.4) is 0 Å². The van der Waals surface area contributed by atoms with Crippen LogP contribution >= 0.6 is 11.6 Å². The molecule has 2 heterocycles. The summed E-state index contributed by atoms with van der Waals surface area (Å²) in [6.07, 6.45) is 6.70. The van der Waals surface area contributed by atoms with E-state index in [0.29, 0.717) is 6.42 Å². The van der Waals surface area contributed by atoms with Gasteiger partial charge in [-0.05, 0) is 56.6 Å². The van der Waals surface area contributed by atoms with Crippen molar-refractivity contribution in [2.24, 2.45) is 0 Å². The molecule has 1 aliphatic heterocycles. The van der Waals surface area contributed by atoms with Gasteiger partial charge >= 0.3 is 0 Å². The predicted octanol–water partition coefficient (Wildman–Crippen LogP) is 3.73. The Bertz CT molecular complexity index is 576. The molecule has 0 spiro atoms. The number of aryl methyl sites for hydroxylation is 1. The second-order valence-electron chi connectivity index (χ2n) is 5.91. The molecule has 0 radical (unpaired) electrons. The Morgan fingerprint density at radius 1 is 1.09 bits per heavy atom. The molecule has 1 aromatic heterocycles. The van der Waals surface area contributed by atoms with Crippen molar-refractivity contribution in [3.63, 3.8) is 0 Å². The summed E-state index contributed by atoms with van der Waals surface area (Å²) >= 11 is 5.89. The van der Waals surface area contributed by atoms with Crippen LogP contribution in [0.5, 0.6) is 0 Å². The molecule has 22 heavy (non-hydrogen) atoms. The van der Waals surface area contributed by atoms with Crippen LogP contribution in [-0.2, 0) is 12.8 Å². The van der Waals surface area contributed by atoms with E-state index in [-0.39, 0.29) is 0 Å². The fourth-order valence-electron chi connectivity index (χ4n) is 2.89. The van der Waals surface area contributed by atoms with Gasteiger partial charge in [-0.25, -0.2) is 0 Å². The molecule has 4 nitrogen and oxygen atoms in total. The molecule has 0 unspecified atom stereocenters. The summed E-state index contributed by atoms with van der Waals surface area (Å²) in [5, 5.41) is 4.81. The number of piperidine rings is 1. The van der Waals surface area contributed by atoms with Gasteiger partial charge in [0.15, 0.2) is 5.82 Å². The van der Waals surface area contributed by atoms with Gasteiger partial charge in [-0.2, -0.15) is 4.98 Å². The molecule has 1 aromatic carbocycles. The molecule has 0 N–H and O–H groups in total. The summed E-state index contributed by atoms with van der Waals surface area (Å²) in [5.41, 5.74) is 1.14. The normalized spacial score (nSPS) is 16.0. The maximum Gasteiger partial charge on any atom is 0.226 e. The maximum absolute atomic E-state index is 5.89. The third-order valence-electron chi connectivity index (χ3n) is 4.10. The topological polar surface area (TPSA) is 42.2 Å². The number of halogens is 1. The van der Waals surface area contributed by atoms with Crippen LogP contribution in [-0.4, -0.2) is 34.7 Å². The number of rotatable bonds is 6. The van der Waals surface area contributed by atoms with E-state index in [1.807, 2.05) is 24.3 Å². The average molecular weight is 320 g/mol. The highest BCUT2D eigenvalue weighted by Crippen LogP contribution is 2.13. The molecular weight excluding hydrogens is 298 g/mol. The van der Waals surface area contributed by atoms with E-state index >= 15 is 0 Å². The molecule has 0 amide bonds. The monoisotopic (exact) mass is 319 g/mol. The van der Waals surface area contributed by atoms with Crippen molar-refractivity contribution in [2.75, 3.05) is 19.6 Å².